The Morgan fingerprint density at radius 3 is 3.17 bits per heavy atom. The summed E-state index contributed by atoms with van der Waals surface area (Å²) in [6, 6.07) is 1.17. The predicted molar refractivity (Wildman–Crippen MR) is 58.4 cm³/mol. The lowest BCUT2D eigenvalue weighted by atomic mass is 9.99. The largest absolute Gasteiger partial charge is 0.337 e. The molecule has 1 saturated heterocycles. The number of aliphatic imine (C=N–C) groups is 1. The summed E-state index contributed by atoms with van der Waals surface area (Å²) in [6.45, 7) is 3.40. The second-order valence-electron chi connectivity index (χ2n) is 3.54. The van der Waals surface area contributed by atoms with Crippen molar-refractivity contribution in [2.45, 2.75) is 38.3 Å². The van der Waals surface area contributed by atoms with E-state index in [1.165, 1.54) is 25.8 Å². The van der Waals surface area contributed by atoms with E-state index in [2.05, 4.69) is 43.2 Å². The normalized spacial score (nSPS) is 34.5. The molecule has 0 amide bonds. The van der Waals surface area contributed by atoms with Gasteiger partial charge in [0.2, 0.25) is 5.96 Å². The summed E-state index contributed by atoms with van der Waals surface area (Å²) in [5.41, 5.74) is 0. The van der Waals surface area contributed by atoms with Crippen LogP contribution in [-0.4, -0.2) is 29.5 Å². The van der Waals surface area contributed by atoms with Crippen molar-refractivity contribution >= 4 is 28.8 Å². The molecule has 2 heterocycles. The van der Waals surface area contributed by atoms with E-state index >= 15 is 0 Å². The van der Waals surface area contributed by atoms with Gasteiger partial charge in [-0.25, -0.2) is 4.99 Å². The Kier molecular flexibility index (Phi) is 2.43. The van der Waals surface area contributed by atoms with E-state index in [1.54, 1.807) is 0 Å². The molecule has 0 saturated carbocycles. The van der Waals surface area contributed by atoms with Crippen molar-refractivity contribution in [3.8, 4) is 0 Å². The van der Waals surface area contributed by atoms with E-state index in [4.69, 9.17) is 0 Å². The highest BCUT2D eigenvalue weighted by molar-refractivity contribution is 14.1. The average Bonchev–Trinajstić information content (AvgIpc) is 2.44. The summed E-state index contributed by atoms with van der Waals surface area (Å²) >= 11 is 2.17. The molecule has 0 aliphatic carbocycles. The minimum absolute atomic E-state index is 0.488. The molecule has 3 nitrogen and oxygen atoms in total. The summed E-state index contributed by atoms with van der Waals surface area (Å²) in [4.78, 5) is 6.99. The van der Waals surface area contributed by atoms with E-state index in [1.807, 2.05) is 0 Å². The van der Waals surface area contributed by atoms with Crippen molar-refractivity contribution in [3.05, 3.63) is 0 Å². The lowest BCUT2D eigenvalue weighted by Crippen LogP contribution is -2.45. The molecule has 2 aliphatic heterocycles. The van der Waals surface area contributed by atoms with Gasteiger partial charge < -0.3 is 4.90 Å². The van der Waals surface area contributed by atoms with Gasteiger partial charge in [0, 0.05) is 6.54 Å². The number of hydrogen-bond acceptors (Lipinski definition) is 3. The molecule has 1 unspecified atom stereocenters. The lowest BCUT2D eigenvalue weighted by Gasteiger charge is -2.32. The topological polar surface area (TPSA) is 27.6 Å². The SMILES string of the molecule is C[C@H]1N=C(NI)N2CCCCC12. The van der Waals surface area contributed by atoms with Gasteiger partial charge in [0.1, 0.15) is 0 Å². The van der Waals surface area contributed by atoms with Crippen molar-refractivity contribution in [2.75, 3.05) is 6.54 Å². The molecule has 2 rings (SSSR count). The Morgan fingerprint density at radius 1 is 1.58 bits per heavy atom. The highest BCUT2D eigenvalue weighted by Gasteiger charge is 2.34. The molecule has 0 aromatic carbocycles. The number of nitrogens with zero attached hydrogens (tertiary/aromatic N) is 2. The first kappa shape index (κ1) is 8.59. The summed E-state index contributed by atoms with van der Waals surface area (Å²) < 4.78 is 3.14. The maximum atomic E-state index is 4.58. The molecular formula is C8H14IN3. The Hall–Kier alpha value is -0.0000000000000000555. The first-order valence-corrected chi connectivity index (χ1v) is 5.62. The van der Waals surface area contributed by atoms with Gasteiger partial charge in [-0.1, -0.05) is 0 Å². The number of halogens is 1. The van der Waals surface area contributed by atoms with Crippen LogP contribution in [0.5, 0.6) is 0 Å². The molecule has 0 aromatic heterocycles. The molecule has 68 valence electrons. The molecular weight excluding hydrogens is 265 g/mol. The number of nitrogens with one attached hydrogen (secondary N) is 1. The van der Waals surface area contributed by atoms with Gasteiger partial charge in [-0.15, -0.1) is 0 Å². The zero-order valence-corrected chi connectivity index (χ0v) is 9.41. The van der Waals surface area contributed by atoms with Crippen LogP contribution in [0.1, 0.15) is 26.2 Å². The second-order valence-corrected chi connectivity index (χ2v) is 4.08. The molecule has 0 aromatic rings. The van der Waals surface area contributed by atoms with Crippen molar-refractivity contribution in [1.29, 1.82) is 0 Å². The molecule has 0 radical (unpaired) electrons. The van der Waals surface area contributed by atoms with Gasteiger partial charge in [-0.2, -0.15) is 0 Å². The van der Waals surface area contributed by atoms with E-state index in [-0.39, 0.29) is 0 Å². The third-order valence-electron chi connectivity index (χ3n) is 2.79. The van der Waals surface area contributed by atoms with Crippen LogP contribution in [0.2, 0.25) is 0 Å². The van der Waals surface area contributed by atoms with E-state index in [0.717, 1.165) is 5.96 Å². The van der Waals surface area contributed by atoms with Gasteiger partial charge in [0.15, 0.2) is 0 Å². The molecule has 2 atom stereocenters. The molecule has 2 aliphatic rings. The number of guanidine groups is 1. The Labute approximate surface area is 87.1 Å². The van der Waals surface area contributed by atoms with Crippen molar-refractivity contribution < 1.29 is 0 Å². The van der Waals surface area contributed by atoms with Crippen LogP contribution in [0.15, 0.2) is 4.99 Å². The van der Waals surface area contributed by atoms with Gasteiger partial charge in [-0.3, -0.25) is 3.53 Å². The smallest absolute Gasteiger partial charge is 0.203 e. The number of hydrogen-bond donors (Lipinski definition) is 1. The summed E-state index contributed by atoms with van der Waals surface area (Å²) in [6.07, 6.45) is 4.00. The fraction of sp³-hybridized carbons (Fsp3) is 0.875. The van der Waals surface area contributed by atoms with E-state index in [0.29, 0.717) is 12.1 Å². The number of rotatable bonds is 0. The zero-order valence-electron chi connectivity index (χ0n) is 7.26. The van der Waals surface area contributed by atoms with Crippen LogP contribution in [0.3, 0.4) is 0 Å². The Balaban J connectivity index is 2.13. The van der Waals surface area contributed by atoms with Crippen LogP contribution >= 0.6 is 22.9 Å². The molecule has 4 heteroatoms. The third kappa shape index (κ3) is 1.30. The van der Waals surface area contributed by atoms with E-state index in [9.17, 15) is 0 Å². The highest BCUT2D eigenvalue weighted by Crippen LogP contribution is 2.26. The maximum absolute atomic E-state index is 4.58. The van der Waals surface area contributed by atoms with Gasteiger partial charge in [-0.05, 0) is 26.2 Å². The first-order valence-electron chi connectivity index (χ1n) is 4.54. The number of fused-ring (bicyclic) bond motifs is 1. The molecule has 0 spiro atoms. The van der Waals surface area contributed by atoms with Crippen LogP contribution < -0.4 is 3.53 Å². The lowest BCUT2D eigenvalue weighted by molar-refractivity contribution is 0.240. The monoisotopic (exact) mass is 279 g/mol. The average molecular weight is 279 g/mol. The van der Waals surface area contributed by atoms with Crippen LogP contribution in [0.25, 0.3) is 0 Å². The summed E-state index contributed by atoms with van der Waals surface area (Å²) in [5, 5.41) is 0. The minimum atomic E-state index is 0.488. The summed E-state index contributed by atoms with van der Waals surface area (Å²) in [7, 11) is 0. The number of piperidine rings is 1. The first-order chi connectivity index (χ1) is 5.83. The molecule has 12 heavy (non-hydrogen) atoms. The molecule has 0 bridgehead atoms. The van der Waals surface area contributed by atoms with Crippen molar-refractivity contribution in [1.82, 2.24) is 8.43 Å². The fourth-order valence-corrected chi connectivity index (χ4v) is 2.60. The molecule has 1 fully saturated rings. The van der Waals surface area contributed by atoms with Crippen molar-refractivity contribution in [3.63, 3.8) is 0 Å². The fourth-order valence-electron chi connectivity index (χ4n) is 2.15. The van der Waals surface area contributed by atoms with Crippen LogP contribution in [-0.2, 0) is 0 Å². The van der Waals surface area contributed by atoms with Gasteiger partial charge in [0.25, 0.3) is 0 Å². The quantitative estimate of drug-likeness (QED) is 0.538. The van der Waals surface area contributed by atoms with Crippen LogP contribution in [0.4, 0.5) is 0 Å². The summed E-state index contributed by atoms with van der Waals surface area (Å²) in [5.74, 6) is 1.09. The molecule has 1 N–H and O–H groups in total. The zero-order chi connectivity index (χ0) is 8.55. The highest BCUT2D eigenvalue weighted by atomic mass is 127. The van der Waals surface area contributed by atoms with Crippen molar-refractivity contribution in [2.24, 2.45) is 4.99 Å². The third-order valence-corrected chi connectivity index (χ3v) is 3.27. The standard InChI is InChI=1S/C8H14IN3/c1-6-7-4-2-3-5-12(7)8(10-6)11-9/h6-7H,2-5H2,1H3,(H,10,11)/t6-,7?/m1/s1. The maximum Gasteiger partial charge on any atom is 0.203 e. The van der Waals surface area contributed by atoms with E-state index < -0.39 is 0 Å². The Morgan fingerprint density at radius 2 is 2.42 bits per heavy atom. The Bertz CT molecular complexity index is 204. The van der Waals surface area contributed by atoms with Gasteiger partial charge >= 0.3 is 0 Å². The van der Waals surface area contributed by atoms with Gasteiger partial charge in [0.05, 0.1) is 34.9 Å². The second kappa shape index (κ2) is 3.40. The minimum Gasteiger partial charge on any atom is -0.337 e. The predicted octanol–water partition coefficient (Wildman–Crippen LogP) is 1.54. The van der Waals surface area contributed by atoms with Crippen LogP contribution in [0, 0.1) is 0 Å².